The monoisotopic (exact) mass is 290 g/mol. The molecule has 0 spiro atoms. The Kier molecular flexibility index (Phi) is 5.37. The third kappa shape index (κ3) is 3.63. The molecule has 4 heteroatoms. The molecule has 1 fully saturated rings. The van der Waals surface area contributed by atoms with Crippen LogP contribution >= 0.6 is 0 Å². The SMILES string of the molecule is COCCCN1C(=O)CC(N)C1c1ccc(C(C)C)cc1. The Labute approximate surface area is 127 Å². The molecular weight excluding hydrogens is 264 g/mol. The van der Waals surface area contributed by atoms with Crippen LogP contribution in [0.4, 0.5) is 0 Å². The van der Waals surface area contributed by atoms with Gasteiger partial charge in [0.15, 0.2) is 0 Å². The molecule has 1 aromatic rings. The van der Waals surface area contributed by atoms with Gasteiger partial charge in [-0.3, -0.25) is 4.79 Å². The summed E-state index contributed by atoms with van der Waals surface area (Å²) >= 11 is 0. The first-order chi connectivity index (χ1) is 10.0. The number of carbonyl (C=O) groups is 1. The van der Waals surface area contributed by atoms with Crippen LogP contribution in [0.15, 0.2) is 24.3 Å². The number of carbonyl (C=O) groups excluding carboxylic acids is 1. The van der Waals surface area contributed by atoms with E-state index < -0.39 is 0 Å². The second-order valence-electron chi connectivity index (χ2n) is 6.07. The van der Waals surface area contributed by atoms with Gasteiger partial charge in [0.2, 0.25) is 5.91 Å². The average molecular weight is 290 g/mol. The van der Waals surface area contributed by atoms with Gasteiger partial charge in [-0.2, -0.15) is 0 Å². The molecular formula is C17H26N2O2. The van der Waals surface area contributed by atoms with Gasteiger partial charge < -0.3 is 15.4 Å². The molecule has 2 unspecified atom stereocenters. The van der Waals surface area contributed by atoms with Gasteiger partial charge in [-0.1, -0.05) is 38.1 Å². The van der Waals surface area contributed by atoms with E-state index in [2.05, 4.69) is 38.1 Å². The van der Waals surface area contributed by atoms with Crippen LogP contribution in [-0.4, -0.2) is 37.1 Å². The molecule has 1 heterocycles. The van der Waals surface area contributed by atoms with Crippen LogP contribution in [-0.2, 0) is 9.53 Å². The van der Waals surface area contributed by atoms with Crippen molar-refractivity contribution in [1.82, 2.24) is 4.90 Å². The molecule has 1 saturated heterocycles. The van der Waals surface area contributed by atoms with Crippen LogP contribution in [0.5, 0.6) is 0 Å². The highest BCUT2D eigenvalue weighted by Crippen LogP contribution is 2.32. The van der Waals surface area contributed by atoms with Crippen molar-refractivity contribution in [2.24, 2.45) is 5.73 Å². The smallest absolute Gasteiger partial charge is 0.224 e. The lowest BCUT2D eigenvalue weighted by atomic mass is 9.96. The fraction of sp³-hybridized carbons (Fsp3) is 0.588. The fourth-order valence-corrected chi connectivity index (χ4v) is 2.97. The summed E-state index contributed by atoms with van der Waals surface area (Å²) in [6.45, 7) is 5.72. The first kappa shape index (κ1) is 16.0. The molecule has 0 aromatic heterocycles. The Balaban J connectivity index is 2.15. The minimum atomic E-state index is -0.120. The second kappa shape index (κ2) is 7.05. The van der Waals surface area contributed by atoms with E-state index in [4.69, 9.17) is 10.5 Å². The molecule has 0 bridgehead atoms. The molecule has 0 aliphatic carbocycles. The number of rotatable bonds is 6. The molecule has 2 rings (SSSR count). The van der Waals surface area contributed by atoms with Gasteiger partial charge in [0.05, 0.1) is 6.04 Å². The number of methoxy groups -OCH3 is 1. The standard InChI is InChI=1S/C17H26N2O2/c1-12(2)13-5-7-14(8-6-13)17-15(18)11-16(20)19(17)9-4-10-21-3/h5-8,12,15,17H,4,9-11,18H2,1-3H3. The van der Waals surface area contributed by atoms with Gasteiger partial charge >= 0.3 is 0 Å². The number of hydrogen-bond acceptors (Lipinski definition) is 3. The van der Waals surface area contributed by atoms with Crippen LogP contribution in [0, 0.1) is 0 Å². The highest BCUT2D eigenvalue weighted by atomic mass is 16.5. The van der Waals surface area contributed by atoms with Crippen molar-refractivity contribution in [3.63, 3.8) is 0 Å². The zero-order valence-corrected chi connectivity index (χ0v) is 13.2. The van der Waals surface area contributed by atoms with Crippen LogP contribution < -0.4 is 5.73 Å². The summed E-state index contributed by atoms with van der Waals surface area (Å²) < 4.78 is 5.08. The summed E-state index contributed by atoms with van der Waals surface area (Å²) in [4.78, 5) is 14.1. The Morgan fingerprint density at radius 3 is 2.57 bits per heavy atom. The van der Waals surface area contributed by atoms with E-state index in [1.165, 1.54) is 5.56 Å². The number of nitrogens with two attached hydrogens (primary N) is 1. The van der Waals surface area contributed by atoms with Gasteiger partial charge in [0.1, 0.15) is 0 Å². The lowest BCUT2D eigenvalue weighted by molar-refractivity contribution is -0.129. The molecule has 1 aliphatic rings. The second-order valence-corrected chi connectivity index (χ2v) is 6.07. The Morgan fingerprint density at radius 1 is 1.33 bits per heavy atom. The predicted octanol–water partition coefficient (Wildman–Crippen LogP) is 2.45. The molecule has 1 amide bonds. The molecule has 21 heavy (non-hydrogen) atoms. The number of likely N-dealkylation sites (tertiary alicyclic amines) is 1. The van der Waals surface area contributed by atoms with Crippen molar-refractivity contribution < 1.29 is 9.53 Å². The lowest BCUT2D eigenvalue weighted by Crippen LogP contribution is -2.34. The summed E-state index contributed by atoms with van der Waals surface area (Å²) in [7, 11) is 1.68. The highest BCUT2D eigenvalue weighted by Gasteiger charge is 2.38. The zero-order valence-electron chi connectivity index (χ0n) is 13.2. The van der Waals surface area contributed by atoms with Crippen molar-refractivity contribution >= 4 is 5.91 Å². The van der Waals surface area contributed by atoms with Gasteiger partial charge in [-0.15, -0.1) is 0 Å². The number of amides is 1. The van der Waals surface area contributed by atoms with E-state index in [9.17, 15) is 4.79 Å². The normalized spacial score (nSPS) is 22.3. The first-order valence-corrected chi connectivity index (χ1v) is 7.68. The topological polar surface area (TPSA) is 55.6 Å². The number of nitrogens with zero attached hydrogens (tertiary/aromatic N) is 1. The maximum Gasteiger partial charge on any atom is 0.224 e. The number of ether oxygens (including phenoxy) is 1. The minimum absolute atomic E-state index is 0.00410. The van der Waals surface area contributed by atoms with E-state index in [1.807, 2.05) is 4.90 Å². The number of benzene rings is 1. The summed E-state index contributed by atoms with van der Waals surface area (Å²) in [5.41, 5.74) is 8.64. The van der Waals surface area contributed by atoms with Crippen molar-refractivity contribution in [2.45, 2.75) is 44.7 Å². The van der Waals surface area contributed by atoms with E-state index in [1.54, 1.807) is 7.11 Å². The summed E-state index contributed by atoms with van der Waals surface area (Å²) in [5, 5.41) is 0. The van der Waals surface area contributed by atoms with Crippen molar-refractivity contribution in [3.05, 3.63) is 35.4 Å². The third-order valence-corrected chi connectivity index (χ3v) is 4.16. The largest absolute Gasteiger partial charge is 0.385 e. The molecule has 2 N–H and O–H groups in total. The Hall–Kier alpha value is -1.39. The van der Waals surface area contributed by atoms with Crippen LogP contribution in [0.1, 0.15) is 49.8 Å². The van der Waals surface area contributed by atoms with E-state index in [0.29, 0.717) is 25.5 Å². The van der Waals surface area contributed by atoms with Crippen LogP contribution in [0.25, 0.3) is 0 Å². The zero-order chi connectivity index (χ0) is 15.4. The summed E-state index contributed by atoms with van der Waals surface area (Å²) in [6, 6.07) is 8.38. The molecule has 1 aromatic carbocycles. The molecule has 1 aliphatic heterocycles. The maximum atomic E-state index is 12.1. The molecule has 2 atom stereocenters. The summed E-state index contributed by atoms with van der Waals surface area (Å²) in [6.07, 6.45) is 1.28. The highest BCUT2D eigenvalue weighted by molar-refractivity contribution is 5.80. The molecule has 116 valence electrons. The Bertz CT molecular complexity index is 470. The number of hydrogen-bond donors (Lipinski definition) is 1. The van der Waals surface area contributed by atoms with Gasteiger partial charge in [-0.05, 0) is 23.5 Å². The summed E-state index contributed by atoms with van der Waals surface area (Å²) in [5.74, 6) is 0.660. The minimum Gasteiger partial charge on any atom is -0.385 e. The van der Waals surface area contributed by atoms with Crippen molar-refractivity contribution in [2.75, 3.05) is 20.3 Å². The lowest BCUT2D eigenvalue weighted by Gasteiger charge is -2.27. The Morgan fingerprint density at radius 2 is 2.00 bits per heavy atom. The predicted molar refractivity (Wildman–Crippen MR) is 84.1 cm³/mol. The van der Waals surface area contributed by atoms with Crippen molar-refractivity contribution in [3.8, 4) is 0 Å². The fourth-order valence-electron chi connectivity index (χ4n) is 2.97. The molecule has 0 radical (unpaired) electrons. The van der Waals surface area contributed by atoms with Gasteiger partial charge in [0, 0.05) is 32.7 Å². The first-order valence-electron chi connectivity index (χ1n) is 7.68. The van der Waals surface area contributed by atoms with E-state index >= 15 is 0 Å². The maximum absolute atomic E-state index is 12.1. The molecule has 0 saturated carbocycles. The van der Waals surface area contributed by atoms with Gasteiger partial charge in [0.25, 0.3) is 0 Å². The molecule has 4 nitrogen and oxygen atoms in total. The van der Waals surface area contributed by atoms with Crippen molar-refractivity contribution in [1.29, 1.82) is 0 Å². The average Bonchev–Trinajstić information content (AvgIpc) is 2.74. The third-order valence-electron chi connectivity index (χ3n) is 4.16. The van der Waals surface area contributed by atoms with Crippen LogP contribution in [0.2, 0.25) is 0 Å². The van der Waals surface area contributed by atoms with Gasteiger partial charge in [-0.25, -0.2) is 0 Å². The van der Waals surface area contributed by atoms with Crippen LogP contribution in [0.3, 0.4) is 0 Å². The van der Waals surface area contributed by atoms with E-state index in [0.717, 1.165) is 12.0 Å². The van der Waals surface area contributed by atoms with E-state index in [-0.39, 0.29) is 18.0 Å². The quantitative estimate of drug-likeness (QED) is 0.819.